The Kier molecular flexibility index (Phi) is 6.72. The highest BCUT2D eigenvalue weighted by Crippen LogP contribution is 2.46. The zero-order chi connectivity index (χ0) is 26.4. The number of rotatable bonds is 5. The zero-order valence-corrected chi connectivity index (χ0v) is 20.0. The number of ether oxygens (including phenoxy) is 1. The van der Waals surface area contributed by atoms with Crippen LogP contribution >= 0.6 is 0 Å². The number of hydrazine groups is 1. The number of benzene rings is 2. The quantitative estimate of drug-likeness (QED) is 0.304. The molecule has 2 aliphatic carbocycles. The second kappa shape index (κ2) is 9.70. The molecule has 0 aromatic heterocycles. The molecule has 1 heterocycles. The van der Waals surface area contributed by atoms with E-state index in [-0.39, 0.29) is 52.1 Å². The summed E-state index contributed by atoms with van der Waals surface area (Å²) in [6.45, 7) is 0. The molecule has 0 radical (unpaired) electrons. The van der Waals surface area contributed by atoms with Crippen molar-refractivity contribution in [2.24, 2.45) is 17.8 Å². The lowest BCUT2D eigenvalue weighted by molar-refractivity contribution is -0.189. The first-order valence-corrected chi connectivity index (χ1v) is 12.5. The van der Waals surface area contributed by atoms with Crippen molar-refractivity contribution in [1.82, 2.24) is 10.9 Å². The van der Waals surface area contributed by atoms with Crippen LogP contribution in [0.4, 0.5) is 22.0 Å². The van der Waals surface area contributed by atoms with Gasteiger partial charge in [0.15, 0.2) is 0 Å². The molecule has 1 atom stereocenters. The average Bonchev–Trinajstić information content (AvgIpc) is 3.69. The van der Waals surface area contributed by atoms with Gasteiger partial charge in [0.05, 0.1) is 0 Å². The predicted molar refractivity (Wildman–Crippen MR) is 124 cm³/mol. The van der Waals surface area contributed by atoms with Crippen LogP contribution in [0.2, 0.25) is 0 Å². The monoisotopic (exact) mass is 522 g/mol. The SMILES string of the molecule is O=C1NNC2(CCC(Cc3c(F)cc(-c4cccc(OC(=O)C(F)(F)F)c4)cc3F)CC2)CC1C1CC1. The molecule has 3 fully saturated rings. The molecule has 5 rings (SSSR count). The van der Waals surface area contributed by atoms with Crippen LogP contribution in [0.25, 0.3) is 11.1 Å². The highest BCUT2D eigenvalue weighted by molar-refractivity contribution is 5.80. The topological polar surface area (TPSA) is 67.4 Å². The molecular formula is C27H27F5N2O3. The average molecular weight is 523 g/mol. The molecule has 198 valence electrons. The molecule has 3 aliphatic rings. The summed E-state index contributed by atoms with van der Waals surface area (Å²) in [4.78, 5) is 23.3. The summed E-state index contributed by atoms with van der Waals surface area (Å²) in [6, 6.07) is 7.37. The molecule has 1 saturated heterocycles. The molecule has 2 aromatic carbocycles. The number of nitrogens with one attached hydrogen (secondary N) is 2. The highest BCUT2D eigenvalue weighted by atomic mass is 19.4. The fourth-order valence-electron chi connectivity index (χ4n) is 5.65. The van der Waals surface area contributed by atoms with E-state index in [2.05, 4.69) is 15.6 Å². The zero-order valence-electron chi connectivity index (χ0n) is 20.0. The van der Waals surface area contributed by atoms with Gasteiger partial charge in [-0.05, 0) is 98.6 Å². The molecule has 2 saturated carbocycles. The van der Waals surface area contributed by atoms with Crippen molar-refractivity contribution in [2.75, 3.05) is 0 Å². The van der Waals surface area contributed by atoms with E-state index in [1.54, 1.807) is 0 Å². The van der Waals surface area contributed by atoms with Gasteiger partial charge in [-0.3, -0.25) is 10.2 Å². The summed E-state index contributed by atoms with van der Waals surface area (Å²) in [5.41, 5.74) is 6.21. The van der Waals surface area contributed by atoms with Gasteiger partial charge in [-0.2, -0.15) is 13.2 Å². The Morgan fingerprint density at radius 2 is 1.68 bits per heavy atom. The Bertz CT molecular complexity index is 1180. The maximum Gasteiger partial charge on any atom is 0.491 e. The summed E-state index contributed by atoms with van der Waals surface area (Å²) < 4.78 is 71.8. The van der Waals surface area contributed by atoms with E-state index < -0.39 is 23.8 Å². The maximum atomic E-state index is 15.0. The molecule has 1 unspecified atom stereocenters. The van der Waals surface area contributed by atoms with E-state index in [1.165, 1.54) is 12.1 Å². The summed E-state index contributed by atoms with van der Waals surface area (Å²) in [6.07, 6.45) is 1.22. The number of halogens is 5. The minimum Gasteiger partial charge on any atom is -0.420 e. The fourth-order valence-corrected chi connectivity index (χ4v) is 5.65. The van der Waals surface area contributed by atoms with Gasteiger partial charge in [-0.25, -0.2) is 19.0 Å². The van der Waals surface area contributed by atoms with Crippen molar-refractivity contribution in [3.8, 4) is 16.9 Å². The Labute approximate surface area is 210 Å². The van der Waals surface area contributed by atoms with Crippen LogP contribution in [0.3, 0.4) is 0 Å². The largest absolute Gasteiger partial charge is 0.491 e. The Balaban J connectivity index is 1.24. The van der Waals surface area contributed by atoms with E-state index in [0.29, 0.717) is 5.92 Å². The third-order valence-corrected chi connectivity index (χ3v) is 7.89. The number of carbonyl (C=O) groups excluding carboxylic acids is 2. The van der Waals surface area contributed by atoms with Gasteiger partial charge in [-0.1, -0.05) is 12.1 Å². The van der Waals surface area contributed by atoms with Crippen molar-refractivity contribution >= 4 is 11.9 Å². The first-order chi connectivity index (χ1) is 17.5. The van der Waals surface area contributed by atoms with Crippen LogP contribution in [-0.4, -0.2) is 23.6 Å². The lowest BCUT2D eigenvalue weighted by Gasteiger charge is -2.46. The molecule has 1 aliphatic heterocycles. The number of carbonyl (C=O) groups is 2. The van der Waals surface area contributed by atoms with Crippen LogP contribution in [-0.2, 0) is 16.0 Å². The molecule has 5 nitrogen and oxygen atoms in total. The van der Waals surface area contributed by atoms with Crippen molar-refractivity contribution in [2.45, 2.75) is 63.1 Å². The van der Waals surface area contributed by atoms with Gasteiger partial charge >= 0.3 is 12.1 Å². The third kappa shape index (κ3) is 5.63. The van der Waals surface area contributed by atoms with Gasteiger partial charge in [0, 0.05) is 17.0 Å². The van der Waals surface area contributed by atoms with Crippen molar-refractivity contribution in [3.05, 3.63) is 53.6 Å². The van der Waals surface area contributed by atoms with E-state index in [0.717, 1.165) is 69.2 Å². The lowest BCUT2D eigenvalue weighted by atomic mass is 9.69. The van der Waals surface area contributed by atoms with Gasteiger partial charge < -0.3 is 4.74 Å². The standard InChI is InChI=1S/C27H27F5N2O3/c28-22-12-18(17-2-1-3-19(11-17)37-25(36)27(30,31)32)13-23(29)20(22)10-15-6-8-26(9-7-15)14-21(16-4-5-16)24(35)33-34-26/h1-3,11-13,15-16,21,34H,4-10,14H2,(H,33,35). The highest BCUT2D eigenvalue weighted by Gasteiger charge is 2.47. The van der Waals surface area contributed by atoms with Gasteiger partial charge in [0.2, 0.25) is 5.91 Å². The Morgan fingerprint density at radius 1 is 1.00 bits per heavy atom. The van der Waals surface area contributed by atoms with Crippen LogP contribution in [0.5, 0.6) is 5.75 Å². The van der Waals surface area contributed by atoms with Crippen LogP contribution < -0.4 is 15.6 Å². The van der Waals surface area contributed by atoms with E-state index in [4.69, 9.17) is 0 Å². The van der Waals surface area contributed by atoms with Crippen molar-refractivity contribution in [1.29, 1.82) is 0 Å². The minimum atomic E-state index is -5.16. The summed E-state index contributed by atoms with van der Waals surface area (Å²) >= 11 is 0. The van der Waals surface area contributed by atoms with Gasteiger partial charge in [0.25, 0.3) is 0 Å². The number of amides is 1. The second-order valence-corrected chi connectivity index (χ2v) is 10.5. The number of hydrogen-bond donors (Lipinski definition) is 2. The first kappa shape index (κ1) is 25.6. The minimum absolute atomic E-state index is 0.0230. The Hall–Kier alpha value is -3.01. The van der Waals surface area contributed by atoms with Crippen LogP contribution in [0, 0.1) is 29.4 Å². The second-order valence-electron chi connectivity index (χ2n) is 10.5. The lowest BCUT2D eigenvalue weighted by Crippen LogP contribution is -2.63. The molecule has 37 heavy (non-hydrogen) atoms. The smallest absolute Gasteiger partial charge is 0.420 e. The molecule has 1 spiro atoms. The molecular weight excluding hydrogens is 495 g/mol. The molecule has 2 N–H and O–H groups in total. The van der Waals surface area contributed by atoms with Gasteiger partial charge in [0.1, 0.15) is 17.4 Å². The van der Waals surface area contributed by atoms with E-state index in [9.17, 15) is 22.8 Å². The summed E-state index contributed by atoms with van der Waals surface area (Å²) in [5, 5.41) is 0. The van der Waals surface area contributed by atoms with Gasteiger partial charge in [-0.15, -0.1) is 0 Å². The molecule has 0 bridgehead atoms. The molecule has 1 amide bonds. The van der Waals surface area contributed by atoms with Crippen molar-refractivity contribution < 1.29 is 36.3 Å². The molecule has 2 aromatic rings. The maximum absolute atomic E-state index is 15.0. The fraction of sp³-hybridized carbons (Fsp3) is 0.481. The predicted octanol–water partition coefficient (Wildman–Crippen LogP) is 5.62. The number of alkyl halides is 3. The van der Waals surface area contributed by atoms with Crippen LogP contribution in [0.15, 0.2) is 36.4 Å². The van der Waals surface area contributed by atoms with E-state index in [1.807, 2.05) is 0 Å². The normalized spacial score (nSPS) is 26.1. The summed E-state index contributed by atoms with van der Waals surface area (Å²) in [5.74, 6) is -3.56. The number of hydrogen-bond acceptors (Lipinski definition) is 4. The van der Waals surface area contributed by atoms with Crippen molar-refractivity contribution in [3.63, 3.8) is 0 Å². The summed E-state index contributed by atoms with van der Waals surface area (Å²) in [7, 11) is 0. The third-order valence-electron chi connectivity index (χ3n) is 7.89. The first-order valence-electron chi connectivity index (χ1n) is 12.5. The number of esters is 1. The molecule has 10 heteroatoms. The Morgan fingerprint density at radius 3 is 2.30 bits per heavy atom. The van der Waals surface area contributed by atoms with E-state index >= 15 is 8.78 Å². The van der Waals surface area contributed by atoms with Crippen LogP contribution in [0.1, 0.15) is 50.5 Å².